The van der Waals surface area contributed by atoms with Gasteiger partial charge in [-0.05, 0) is 55.7 Å². The number of carbonyl (C=O) groups excluding carboxylic acids is 2. The molecule has 0 bridgehead atoms. The summed E-state index contributed by atoms with van der Waals surface area (Å²) in [6.45, 7) is 5.61. The van der Waals surface area contributed by atoms with Gasteiger partial charge in [-0.15, -0.1) is 0 Å². The van der Waals surface area contributed by atoms with Gasteiger partial charge in [-0.3, -0.25) is 4.79 Å². The molecular formula is C23H27NO5. The first-order chi connectivity index (χ1) is 13.8. The van der Waals surface area contributed by atoms with Gasteiger partial charge in [0.25, 0.3) is 5.91 Å². The lowest BCUT2D eigenvalue weighted by Crippen LogP contribution is -2.31. The molecular weight excluding hydrogens is 370 g/mol. The molecule has 2 aromatic rings. The lowest BCUT2D eigenvalue weighted by Gasteiger charge is -2.15. The molecule has 0 saturated carbocycles. The fourth-order valence-corrected chi connectivity index (χ4v) is 2.70. The quantitative estimate of drug-likeness (QED) is 0.542. The lowest BCUT2D eigenvalue weighted by atomic mass is 10.0. The molecule has 29 heavy (non-hydrogen) atoms. The van der Waals surface area contributed by atoms with E-state index >= 15 is 0 Å². The minimum atomic E-state index is -0.614. The first kappa shape index (κ1) is 22.0. The molecule has 154 valence electrons. The Bertz CT molecular complexity index is 904. The number of carbonyl (C=O) groups is 2. The van der Waals surface area contributed by atoms with Crippen molar-refractivity contribution >= 4 is 18.0 Å². The van der Waals surface area contributed by atoms with Crippen LogP contribution < -0.4 is 14.8 Å². The molecule has 0 aliphatic carbocycles. The predicted molar refractivity (Wildman–Crippen MR) is 112 cm³/mol. The van der Waals surface area contributed by atoms with E-state index in [4.69, 9.17) is 14.2 Å². The average molecular weight is 397 g/mol. The molecule has 2 rings (SSSR count). The molecule has 6 nitrogen and oxygen atoms in total. The Balaban J connectivity index is 1.87. The number of amides is 1. The van der Waals surface area contributed by atoms with Crippen molar-refractivity contribution in [2.75, 3.05) is 20.8 Å². The maximum absolute atomic E-state index is 12.1. The Morgan fingerprint density at radius 1 is 1.03 bits per heavy atom. The monoisotopic (exact) mass is 397 g/mol. The van der Waals surface area contributed by atoms with Crippen molar-refractivity contribution in [2.45, 2.75) is 26.8 Å². The number of hydrogen-bond donors (Lipinski definition) is 1. The summed E-state index contributed by atoms with van der Waals surface area (Å²) in [5.74, 6) is 0.237. The van der Waals surface area contributed by atoms with E-state index in [0.717, 1.165) is 11.1 Å². The van der Waals surface area contributed by atoms with Crippen LogP contribution in [0.3, 0.4) is 0 Å². The van der Waals surface area contributed by atoms with Crippen LogP contribution in [0.1, 0.15) is 35.2 Å². The van der Waals surface area contributed by atoms with Gasteiger partial charge in [-0.2, -0.15) is 0 Å². The summed E-state index contributed by atoms with van der Waals surface area (Å²) in [4.78, 5) is 24.0. The number of rotatable bonds is 8. The summed E-state index contributed by atoms with van der Waals surface area (Å²) in [6.07, 6.45) is 2.82. The van der Waals surface area contributed by atoms with E-state index in [2.05, 4.69) is 5.32 Å². The molecule has 0 aliphatic heterocycles. The average Bonchev–Trinajstić information content (AvgIpc) is 2.72. The summed E-state index contributed by atoms with van der Waals surface area (Å²) in [5.41, 5.74) is 4.05. The van der Waals surface area contributed by atoms with Crippen molar-refractivity contribution < 1.29 is 23.8 Å². The third-order valence-electron chi connectivity index (χ3n) is 4.59. The maximum atomic E-state index is 12.1. The van der Waals surface area contributed by atoms with Crippen molar-refractivity contribution in [3.8, 4) is 11.5 Å². The van der Waals surface area contributed by atoms with Gasteiger partial charge in [0.2, 0.25) is 0 Å². The number of esters is 1. The summed E-state index contributed by atoms with van der Waals surface area (Å²) < 4.78 is 15.4. The molecule has 1 atom stereocenters. The van der Waals surface area contributed by atoms with E-state index in [1.807, 2.05) is 39.0 Å². The minimum absolute atomic E-state index is 0.181. The fourth-order valence-electron chi connectivity index (χ4n) is 2.70. The van der Waals surface area contributed by atoms with E-state index in [1.165, 1.54) is 18.7 Å². The van der Waals surface area contributed by atoms with Gasteiger partial charge >= 0.3 is 5.97 Å². The van der Waals surface area contributed by atoms with Crippen LogP contribution in [0.4, 0.5) is 0 Å². The smallest absolute Gasteiger partial charge is 0.331 e. The molecule has 0 radical (unpaired) electrons. The van der Waals surface area contributed by atoms with Crippen molar-refractivity contribution in [1.29, 1.82) is 0 Å². The van der Waals surface area contributed by atoms with Gasteiger partial charge in [-0.25, -0.2) is 4.79 Å². The lowest BCUT2D eigenvalue weighted by molar-refractivity contribution is -0.144. The molecule has 2 aromatic carbocycles. The molecule has 1 amide bonds. The van der Waals surface area contributed by atoms with Crippen LogP contribution in [0.5, 0.6) is 11.5 Å². The van der Waals surface area contributed by atoms with Crippen LogP contribution >= 0.6 is 0 Å². The number of methoxy groups -OCH3 is 2. The Labute approximate surface area is 171 Å². The summed E-state index contributed by atoms with van der Waals surface area (Å²) in [5, 5.41) is 2.83. The second kappa shape index (κ2) is 10.3. The molecule has 0 heterocycles. The van der Waals surface area contributed by atoms with E-state index in [-0.39, 0.29) is 18.6 Å². The van der Waals surface area contributed by atoms with Crippen molar-refractivity contribution in [1.82, 2.24) is 5.32 Å². The summed E-state index contributed by atoms with van der Waals surface area (Å²) in [7, 11) is 3.10. The first-order valence-electron chi connectivity index (χ1n) is 9.27. The molecule has 0 spiro atoms. The molecule has 6 heteroatoms. The van der Waals surface area contributed by atoms with Gasteiger partial charge in [0.05, 0.1) is 20.3 Å². The molecule has 0 fully saturated rings. The zero-order valence-electron chi connectivity index (χ0n) is 17.4. The largest absolute Gasteiger partial charge is 0.497 e. The zero-order chi connectivity index (χ0) is 21.4. The fraction of sp³-hybridized carbons (Fsp3) is 0.304. The van der Waals surface area contributed by atoms with Crippen molar-refractivity contribution in [3.63, 3.8) is 0 Å². The highest BCUT2D eigenvalue weighted by Crippen LogP contribution is 2.25. The molecule has 1 N–H and O–H groups in total. The van der Waals surface area contributed by atoms with Crippen LogP contribution in [0.25, 0.3) is 6.08 Å². The number of ether oxygens (including phenoxy) is 3. The van der Waals surface area contributed by atoms with Crippen LogP contribution in [0, 0.1) is 13.8 Å². The van der Waals surface area contributed by atoms with Crippen LogP contribution in [0.15, 0.2) is 42.5 Å². The maximum Gasteiger partial charge on any atom is 0.331 e. The molecule has 0 unspecified atom stereocenters. The second-order valence-electron chi connectivity index (χ2n) is 6.68. The highest BCUT2D eigenvalue weighted by molar-refractivity contribution is 5.89. The topological polar surface area (TPSA) is 73.9 Å². The molecule has 0 aliphatic rings. The van der Waals surface area contributed by atoms with E-state index < -0.39 is 5.97 Å². The number of benzene rings is 2. The third-order valence-corrected chi connectivity index (χ3v) is 4.59. The van der Waals surface area contributed by atoms with Crippen molar-refractivity contribution in [2.24, 2.45) is 0 Å². The standard InChI is InChI=1S/C23H27NO5/c1-15-6-7-19(12-16(15)2)17(3)24-22(25)14-29-23(26)11-9-18-8-10-20(27-4)13-21(18)28-5/h6-13,17H,14H2,1-5H3,(H,24,25)/b11-9+/t17-/m0/s1. The highest BCUT2D eigenvalue weighted by Gasteiger charge is 2.12. The SMILES string of the molecule is COc1ccc(/C=C/C(=O)OCC(=O)N[C@@H](C)c2ccc(C)c(C)c2)c(OC)c1. The Kier molecular flexibility index (Phi) is 7.83. The van der Waals surface area contributed by atoms with Gasteiger partial charge in [0.1, 0.15) is 11.5 Å². The van der Waals surface area contributed by atoms with E-state index in [0.29, 0.717) is 17.1 Å². The number of hydrogen-bond acceptors (Lipinski definition) is 5. The normalized spacial score (nSPS) is 11.8. The van der Waals surface area contributed by atoms with Gasteiger partial charge in [-0.1, -0.05) is 18.2 Å². The Morgan fingerprint density at radius 2 is 1.79 bits per heavy atom. The van der Waals surface area contributed by atoms with Gasteiger partial charge in [0, 0.05) is 17.7 Å². The Hall–Kier alpha value is -3.28. The number of aryl methyl sites for hydroxylation is 2. The van der Waals surface area contributed by atoms with Crippen LogP contribution in [0.2, 0.25) is 0 Å². The Morgan fingerprint density at radius 3 is 2.45 bits per heavy atom. The van der Waals surface area contributed by atoms with E-state index in [9.17, 15) is 9.59 Å². The van der Waals surface area contributed by atoms with Gasteiger partial charge in [0.15, 0.2) is 6.61 Å². The summed E-state index contributed by atoms with van der Waals surface area (Å²) >= 11 is 0. The minimum Gasteiger partial charge on any atom is -0.497 e. The summed E-state index contributed by atoms with van der Waals surface area (Å²) in [6, 6.07) is 11.1. The molecule has 0 saturated heterocycles. The third kappa shape index (κ3) is 6.38. The predicted octanol–water partition coefficient (Wildman–Crippen LogP) is 3.75. The van der Waals surface area contributed by atoms with E-state index in [1.54, 1.807) is 31.4 Å². The highest BCUT2D eigenvalue weighted by atomic mass is 16.5. The molecule has 0 aromatic heterocycles. The number of nitrogens with one attached hydrogen (secondary N) is 1. The zero-order valence-corrected chi connectivity index (χ0v) is 17.4. The van der Waals surface area contributed by atoms with Crippen molar-refractivity contribution in [3.05, 3.63) is 64.7 Å². The van der Waals surface area contributed by atoms with Crippen LogP contribution in [-0.2, 0) is 14.3 Å². The first-order valence-corrected chi connectivity index (χ1v) is 9.27. The second-order valence-corrected chi connectivity index (χ2v) is 6.68. The van der Waals surface area contributed by atoms with Crippen LogP contribution in [-0.4, -0.2) is 32.7 Å². The van der Waals surface area contributed by atoms with Gasteiger partial charge < -0.3 is 19.5 Å².